The van der Waals surface area contributed by atoms with Gasteiger partial charge in [-0.15, -0.1) is 11.7 Å². The predicted octanol–water partition coefficient (Wildman–Crippen LogP) is 1.43. The molecule has 0 radical (unpaired) electrons. The van der Waals surface area contributed by atoms with Crippen LogP contribution < -0.4 is 0 Å². The van der Waals surface area contributed by atoms with Gasteiger partial charge in [0, 0.05) is 12.6 Å². The highest BCUT2D eigenvalue weighted by Crippen LogP contribution is 1.93. The fraction of sp³-hybridized carbons (Fsp3) is 0.571. The molecule has 0 heterocycles. The van der Waals surface area contributed by atoms with Crippen molar-refractivity contribution in [3.63, 3.8) is 0 Å². The van der Waals surface area contributed by atoms with Gasteiger partial charge in [0.1, 0.15) is 0 Å². The van der Waals surface area contributed by atoms with E-state index >= 15 is 0 Å². The molecular weight excluding hydrogens is 130 g/mol. The number of rotatable bonds is 5. The molecule has 58 valence electrons. The molecule has 10 heavy (non-hydrogen) atoms. The molecular formula is C7H13NO2. The van der Waals surface area contributed by atoms with E-state index in [0.29, 0.717) is 13.0 Å². The number of oxime groups is 1. The van der Waals surface area contributed by atoms with Gasteiger partial charge in [-0.2, -0.15) is 0 Å². The Morgan fingerprint density at radius 2 is 2.50 bits per heavy atom. The lowest BCUT2D eigenvalue weighted by Gasteiger charge is -2.06. The Hall–Kier alpha value is -0.830. The van der Waals surface area contributed by atoms with E-state index in [2.05, 4.69) is 11.7 Å². The summed E-state index contributed by atoms with van der Waals surface area (Å²) in [5, 5.41) is 10.9. The average molecular weight is 143 g/mol. The van der Waals surface area contributed by atoms with Crippen LogP contribution in [-0.2, 0) is 4.74 Å². The predicted molar refractivity (Wildman–Crippen MR) is 40.5 cm³/mol. The highest BCUT2D eigenvalue weighted by atomic mass is 16.5. The first-order chi connectivity index (χ1) is 4.81. The molecule has 0 saturated heterocycles. The van der Waals surface area contributed by atoms with Gasteiger partial charge < -0.3 is 9.94 Å². The fourth-order valence-corrected chi connectivity index (χ4v) is 0.496. The zero-order valence-electron chi connectivity index (χ0n) is 6.16. The van der Waals surface area contributed by atoms with E-state index in [1.165, 1.54) is 6.21 Å². The van der Waals surface area contributed by atoms with Gasteiger partial charge in [-0.3, -0.25) is 0 Å². The topological polar surface area (TPSA) is 41.8 Å². The summed E-state index contributed by atoms with van der Waals surface area (Å²) in [5.74, 6) is 0. The van der Waals surface area contributed by atoms with Gasteiger partial charge >= 0.3 is 0 Å². The van der Waals surface area contributed by atoms with E-state index < -0.39 is 0 Å². The Labute approximate surface area is 61.0 Å². The maximum Gasteiger partial charge on any atom is 0.0648 e. The average Bonchev–Trinajstić information content (AvgIpc) is 1.97. The molecule has 0 aromatic carbocycles. The van der Waals surface area contributed by atoms with Crippen molar-refractivity contribution in [1.82, 2.24) is 0 Å². The van der Waals surface area contributed by atoms with Crippen molar-refractivity contribution >= 4 is 6.21 Å². The minimum absolute atomic E-state index is 0.0916. The molecule has 0 amide bonds. The first kappa shape index (κ1) is 9.17. The van der Waals surface area contributed by atoms with E-state index in [1.807, 2.05) is 6.92 Å². The van der Waals surface area contributed by atoms with Crippen molar-refractivity contribution < 1.29 is 9.94 Å². The third kappa shape index (κ3) is 5.31. The highest BCUT2D eigenvalue weighted by molar-refractivity contribution is 5.56. The lowest BCUT2D eigenvalue weighted by molar-refractivity contribution is 0.0942. The van der Waals surface area contributed by atoms with E-state index in [0.717, 1.165) is 0 Å². The van der Waals surface area contributed by atoms with Gasteiger partial charge in [0.05, 0.1) is 12.7 Å². The third-order valence-electron chi connectivity index (χ3n) is 1.02. The molecule has 0 aliphatic carbocycles. The molecule has 0 bridgehead atoms. The van der Waals surface area contributed by atoms with Gasteiger partial charge in [-0.05, 0) is 6.92 Å². The van der Waals surface area contributed by atoms with Crippen molar-refractivity contribution in [2.45, 2.75) is 19.4 Å². The summed E-state index contributed by atoms with van der Waals surface area (Å²) < 4.78 is 5.17. The number of hydrogen-bond acceptors (Lipinski definition) is 3. The second kappa shape index (κ2) is 6.29. The summed E-state index contributed by atoms with van der Waals surface area (Å²) in [5.41, 5.74) is 0. The molecule has 0 rings (SSSR count). The van der Waals surface area contributed by atoms with Gasteiger partial charge in [0.25, 0.3) is 0 Å². The molecule has 0 spiro atoms. The van der Waals surface area contributed by atoms with Crippen molar-refractivity contribution in [1.29, 1.82) is 0 Å². The zero-order chi connectivity index (χ0) is 7.82. The first-order valence-corrected chi connectivity index (χ1v) is 3.19. The number of ether oxygens (including phenoxy) is 1. The van der Waals surface area contributed by atoms with Crippen LogP contribution >= 0.6 is 0 Å². The summed E-state index contributed by atoms with van der Waals surface area (Å²) in [6.45, 7) is 5.95. The Morgan fingerprint density at radius 3 is 3.00 bits per heavy atom. The summed E-state index contributed by atoms with van der Waals surface area (Å²) in [4.78, 5) is 0. The molecule has 3 nitrogen and oxygen atoms in total. The second-order valence-corrected chi connectivity index (χ2v) is 1.97. The van der Waals surface area contributed by atoms with Crippen molar-refractivity contribution in [2.24, 2.45) is 5.16 Å². The normalized spacial score (nSPS) is 13.7. The minimum Gasteiger partial charge on any atom is -0.411 e. The van der Waals surface area contributed by atoms with Gasteiger partial charge in [-0.25, -0.2) is 0 Å². The SMILES string of the molecule is C=CCOC(C)C/C=N/O. The molecule has 0 aliphatic heterocycles. The lowest BCUT2D eigenvalue weighted by Crippen LogP contribution is -2.08. The van der Waals surface area contributed by atoms with Crippen LogP contribution in [-0.4, -0.2) is 24.1 Å². The van der Waals surface area contributed by atoms with Crippen LogP contribution in [0.25, 0.3) is 0 Å². The largest absolute Gasteiger partial charge is 0.411 e. The highest BCUT2D eigenvalue weighted by Gasteiger charge is 1.96. The van der Waals surface area contributed by atoms with Crippen LogP contribution in [0.5, 0.6) is 0 Å². The van der Waals surface area contributed by atoms with E-state index in [1.54, 1.807) is 6.08 Å². The second-order valence-electron chi connectivity index (χ2n) is 1.97. The van der Waals surface area contributed by atoms with Crippen molar-refractivity contribution in [3.05, 3.63) is 12.7 Å². The summed E-state index contributed by atoms with van der Waals surface area (Å²) in [7, 11) is 0. The fourth-order valence-electron chi connectivity index (χ4n) is 0.496. The summed E-state index contributed by atoms with van der Waals surface area (Å²) >= 11 is 0. The molecule has 1 unspecified atom stereocenters. The van der Waals surface area contributed by atoms with Crippen molar-refractivity contribution in [3.8, 4) is 0 Å². The Kier molecular flexibility index (Phi) is 5.77. The first-order valence-electron chi connectivity index (χ1n) is 3.19. The van der Waals surface area contributed by atoms with Crippen molar-refractivity contribution in [2.75, 3.05) is 6.61 Å². The van der Waals surface area contributed by atoms with Gasteiger partial charge in [-0.1, -0.05) is 6.08 Å². The van der Waals surface area contributed by atoms with Gasteiger partial charge in [0.2, 0.25) is 0 Å². The molecule has 0 aromatic rings. The van der Waals surface area contributed by atoms with Crippen LogP contribution in [0.2, 0.25) is 0 Å². The van der Waals surface area contributed by atoms with E-state index in [9.17, 15) is 0 Å². The standard InChI is InChI=1S/C7H13NO2/c1-3-6-10-7(2)4-5-8-9/h3,5,7,9H,1,4,6H2,2H3/b8-5+. The monoisotopic (exact) mass is 143 g/mol. The Balaban J connectivity index is 3.24. The maximum atomic E-state index is 8.03. The maximum absolute atomic E-state index is 8.03. The number of hydrogen-bond donors (Lipinski definition) is 1. The van der Waals surface area contributed by atoms with Crippen LogP contribution in [0.3, 0.4) is 0 Å². The summed E-state index contributed by atoms with van der Waals surface area (Å²) in [6.07, 6.45) is 3.82. The Morgan fingerprint density at radius 1 is 1.80 bits per heavy atom. The smallest absolute Gasteiger partial charge is 0.0648 e. The molecule has 0 aromatic heterocycles. The van der Waals surface area contributed by atoms with Crippen LogP contribution in [0.1, 0.15) is 13.3 Å². The van der Waals surface area contributed by atoms with Crippen LogP contribution in [0, 0.1) is 0 Å². The molecule has 0 fully saturated rings. The summed E-state index contributed by atoms with van der Waals surface area (Å²) in [6, 6.07) is 0. The third-order valence-corrected chi connectivity index (χ3v) is 1.02. The molecule has 3 heteroatoms. The zero-order valence-corrected chi connectivity index (χ0v) is 6.16. The molecule has 1 atom stereocenters. The van der Waals surface area contributed by atoms with Crippen LogP contribution in [0.15, 0.2) is 17.8 Å². The van der Waals surface area contributed by atoms with Crippen LogP contribution in [0.4, 0.5) is 0 Å². The van der Waals surface area contributed by atoms with E-state index in [4.69, 9.17) is 9.94 Å². The molecule has 0 aliphatic rings. The molecule has 0 saturated carbocycles. The van der Waals surface area contributed by atoms with E-state index in [-0.39, 0.29) is 6.10 Å². The minimum atomic E-state index is 0.0916. The lowest BCUT2D eigenvalue weighted by atomic mass is 10.3. The quantitative estimate of drug-likeness (QED) is 0.274. The number of nitrogens with zero attached hydrogens (tertiary/aromatic N) is 1. The Bertz CT molecular complexity index is 112. The molecule has 1 N–H and O–H groups in total. The van der Waals surface area contributed by atoms with Gasteiger partial charge in [0.15, 0.2) is 0 Å².